The number of rotatable bonds is 7. The van der Waals surface area contributed by atoms with Crippen LogP contribution in [0.3, 0.4) is 0 Å². The number of carboxylic acids is 1. The van der Waals surface area contributed by atoms with Gasteiger partial charge in [-0.15, -0.1) is 0 Å². The molecule has 0 bridgehead atoms. The summed E-state index contributed by atoms with van der Waals surface area (Å²) in [4.78, 5) is 76.4. The normalized spacial score (nSPS) is 17.3. The second-order valence-corrected chi connectivity index (χ2v) is 9.29. The maximum Gasteiger partial charge on any atom is 0.547 e. The third kappa shape index (κ3) is 5.77. The second kappa shape index (κ2) is 11.6. The van der Waals surface area contributed by atoms with Crippen LogP contribution in [0.15, 0.2) is 36.4 Å². The second-order valence-electron chi connectivity index (χ2n) is 9.29. The lowest BCUT2D eigenvalue weighted by Crippen LogP contribution is -2.60. The van der Waals surface area contributed by atoms with E-state index in [2.05, 4.69) is 10.6 Å². The number of carboxylic acid groups (broad SMARTS) is 1. The summed E-state index contributed by atoms with van der Waals surface area (Å²) < 4.78 is 5.39. The molecule has 41 heavy (non-hydrogen) atoms. The van der Waals surface area contributed by atoms with Crippen molar-refractivity contribution in [3.8, 4) is 11.5 Å². The highest BCUT2D eigenvalue weighted by atomic mass is 16.5. The Kier molecular flexibility index (Phi) is 8.14. The minimum absolute atomic E-state index is 0.0240. The lowest BCUT2D eigenvalue weighted by Gasteiger charge is -2.33. The van der Waals surface area contributed by atoms with Crippen molar-refractivity contribution in [2.75, 3.05) is 19.6 Å². The number of nitrogens with two attached hydrogens (primary N) is 1. The highest BCUT2D eigenvalue weighted by Gasteiger charge is 2.41. The molecule has 1 fully saturated rings. The average Bonchev–Trinajstić information content (AvgIpc) is 2.92. The van der Waals surface area contributed by atoms with Gasteiger partial charge in [0.05, 0.1) is 17.1 Å². The molecule has 6 amide bonds. The number of piperazine rings is 1. The van der Waals surface area contributed by atoms with Crippen LogP contribution in [0.5, 0.6) is 11.5 Å². The van der Waals surface area contributed by atoms with Crippen LogP contribution >= 0.6 is 0 Å². The summed E-state index contributed by atoms with van der Waals surface area (Å²) in [5.41, 5.74) is 5.17. The molecule has 2 heterocycles. The van der Waals surface area contributed by atoms with E-state index in [-0.39, 0.29) is 48.5 Å². The number of primary amides is 1. The standard InChI is InChI=1S/C25H26BN5O10/c1-2-30-8-9-31(23(36)22(30)35)25(39)29-18(12-6-7-14(20(27)33)16(32)10-12)21(34)28-17-11-13-4-3-5-15(24(37)38)19(13)41-26(17)40/h3-7,10,17-18,32,40H,2,8-9,11H2,1H3,(H2,27,33)(H,28,34)(H,29,39)(H,37,38)/t17-,18?/m0/s1. The van der Waals surface area contributed by atoms with Crippen molar-refractivity contribution in [3.63, 3.8) is 0 Å². The molecular weight excluding hydrogens is 541 g/mol. The number of carbonyl (C=O) groups is 6. The monoisotopic (exact) mass is 567 g/mol. The van der Waals surface area contributed by atoms with Gasteiger partial charge >= 0.3 is 30.9 Å². The Balaban J connectivity index is 1.61. The van der Waals surface area contributed by atoms with Crippen LogP contribution in [0.1, 0.15) is 44.8 Å². The molecular formula is C25H26BN5O10. The first-order valence-corrected chi connectivity index (χ1v) is 12.5. The fraction of sp³-hybridized carbons (Fsp3) is 0.280. The summed E-state index contributed by atoms with van der Waals surface area (Å²) in [6.07, 6.45) is -0.0398. The largest absolute Gasteiger partial charge is 0.547 e. The zero-order chi connectivity index (χ0) is 30.0. The van der Waals surface area contributed by atoms with Gasteiger partial charge in [0.15, 0.2) is 0 Å². The van der Waals surface area contributed by atoms with Crippen molar-refractivity contribution in [2.45, 2.75) is 25.3 Å². The summed E-state index contributed by atoms with van der Waals surface area (Å²) in [5, 5.41) is 35.1. The van der Waals surface area contributed by atoms with Gasteiger partial charge in [-0.1, -0.05) is 18.2 Å². The number of aromatic carboxylic acids is 1. The highest BCUT2D eigenvalue weighted by Crippen LogP contribution is 2.31. The van der Waals surface area contributed by atoms with E-state index < -0.39 is 60.5 Å². The molecule has 0 spiro atoms. The van der Waals surface area contributed by atoms with Crippen molar-refractivity contribution in [1.29, 1.82) is 0 Å². The number of benzene rings is 2. The van der Waals surface area contributed by atoms with E-state index in [1.54, 1.807) is 13.0 Å². The first-order chi connectivity index (χ1) is 19.4. The van der Waals surface area contributed by atoms with E-state index in [9.17, 15) is 44.0 Å². The Hall–Kier alpha value is -5.12. The first kappa shape index (κ1) is 28.9. The summed E-state index contributed by atoms with van der Waals surface area (Å²) in [6, 6.07) is 5.07. The molecule has 0 saturated carbocycles. The molecule has 1 saturated heterocycles. The Morgan fingerprint density at radius 1 is 1.12 bits per heavy atom. The van der Waals surface area contributed by atoms with Gasteiger partial charge in [0.25, 0.3) is 5.91 Å². The molecule has 15 nitrogen and oxygen atoms in total. The third-order valence-electron chi connectivity index (χ3n) is 6.76. The van der Waals surface area contributed by atoms with Gasteiger partial charge in [-0.05, 0) is 42.7 Å². The van der Waals surface area contributed by atoms with E-state index in [1.807, 2.05) is 0 Å². The molecule has 0 aliphatic carbocycles. The molecule has 2 aliphatic rings. The lowest BCUT2D eigenvalue weighted by atomic mass is 9.72. The van der Waals surface area contributed by atoms with Crippen LogP contribution in [-0.4, -0.2) is 93.4 Å². The van der Waals surface area contributed by atoms with Gasteiger partial charge in [0.2, 0.25) is 5.91 Å². The molecule has 16 heteroatoms. The zero-order valence-corrected chi connectivity index (χ0v) is 21.7. The topological polar surface area (TPSA) is 229 Å². The number of aromatic hydroxyl groups is 1. The molecule has 214 valence electrons. The van der Waals surface area contributed by atoms with Crippen molar-refractivity contribution in [1.82, 2.24) is 20.4 Å². The number of amides is 6. The number of carbonyl (C=O) groups excluding carboxylic acids is 5. The van der Waals surface area contributed by atoms with Crippen LogP contribution < -0.4 is 21.0 Å². The predicted octanol–water partition coefficient (Wildman–Crippen LogP) is -1.23. The molecule has 0 radical (unpaired) electrons. The number of nitrogens with zero attached hydrogens (tertiary/aromatic N) is 2. The van der Waals surface area contributed by atoms with E-state index in [4.69, 9.17) is 10.4 Å². The van der Waals surface area contributed by atoms with Crippen LogP contribution in [0.2, 0.25) is 0 Å². The summed E-state index contributed by atoms with van der Waals surface area (Å²) in [7, 11) is -1.67. The van der Waals surface area contributed by atoms with E-state index in [0.717, 1.165) is 12.1 Å². The van der Waals surface area contributed by atoms with Crippen molar-refractivity contribution in [2.24, 2.45) is 5.73 Å². The van der Waals surface area contributed by atoms with Crippen LogP contribution in [0.25, 0.3) is 0 Å². The number of hydrogen-bond acceptors (Lipinski definition) is 9. The Labute approximate surface area is 233 Å². The molecule has 2 aromatic rings. The zero-order valence-electron chi connectivity index (χ0n) is 21.7. The minimum atomic E-state index is -1.67. The van der Waals surface area contributed by atoms with E-state index in [0.29, 0.717) is 10.5 Å². The minimum Gasteiger partial charge on any atom is -0.534 e. The molecule has 0 aromatic heterocycles. The van der Waals surface area contributed by atoms with E-state index >= 15 is 0 Å². The summed E-state index contributed by atoms with van der Waals surface area (Å²) in [6.45, 7) is 1.89. The van der Waals surface area contributed by atoms with Crippen molar-refractivity contribution in [3.05, 3.63) is 58.7 Å². The molecule has 4 rings (SSSR count). The third-order valence-corrected chi connectivity index (χ3v) is 6.76. The Morgan fingerprint density at radius 2 is 1.85 bits per heavy atom. The number of likely N-dealkylation sites (N-methyl/N-ethyl adjacent to an activating group) is 1. The van der Waals surface area contributed by atoms with Crippen molar-refractivity contribution >= 4 is 42.7 Å². The smallest absolute Gasteiger partial charge is 0.534 e. The maximum atomic E-state index is 13.5. The molecule has 2 aliphatic heterocycles. The van der Waals surface area contributed by atoms with Crippen LogP contribution in [-0.2, 0) is 20.8 Å². The quantitative estimate of drug-likeness (QED) is 0.172. The fourth-order valence-electron chi connectivity index (χ4n) is 4.59. The maximum absolute atomic E-state index is 13.5. The van der Waals surface area contributed by atoms with Crippen LogP contribution in [0, 0.1) is 0 Å². The van der Waals surface area contributed by atoms with Gasteiger partial charge in [-0.25, -0.2) is 9.59 Å². The number of hydrogen-bond donors (Lipinski definition) is 6. The highest BCUT2D eigenvalue weighted by molar-refractivity contribution is 6.47. The number of fused-ring (bicyclic) bond motifs is 1. The summed E-state index contributed by atoms with van der Waals surface area (Å²) >= 11 is 0. The first-order valence-electron chi connectivity index (χ1n) is 12.5. The van der Waals surface area contributed by atoms with Crippen molar-refractivity contribution < 1.29 is 48.7 Å². The van der Waals surface area contributed by atoms with Gasteiger partial charge in [0, 0.05) is 19.6 Å². The Morgan fingerprint density at radius 3 is 2.49 bits per heavy atom. The number of para-hydroxylation sites is 1. The van der Waals surface area contributed by atoms with Gasteiger partial charge in [-0.2, -0.15) is 0 Å². The predicted molar refractivity (Wildman–Crippen MR) is 140 cm³/mol. The fourth-order valence-corrected chi connectivity index (χ4v) is 4.59. The Bertz CT molecular complexity index is 1450. The van der Waals surface area contributed by atoms with Gasteiger partial charge < -0.3 is 41.2 Å². The number of nitrogens with one attached hydrogen (secondary N) is 2. The number of urea groups is 1. The lowest BCUT2D eigenvalue weighted by molar-refractivity contribution is -0.153. The van der Waals surface area contributed by atoms with E-state index in [1.165, 1.54) is 23.1 Å². The number of imide groups is 1. The van der Waals surface area contributed by atoms with Crippen LogP contribution in [0.4, 0.5) is 4.79 Å². The molecule has 2 aromatic carbocycles. The summed E-state index contributed by atoms with van der Waals surface area (Å²) in [5.74, 6) is -6.85. The van der Waals surface area contributed by atoms with Gasteiger partial charge in [-0.3, -0.25) is 24.1 Å². The molecule has 2 atom stereocenters. The molecule has 1 unspecified atom stereocenters. The number of phenols is 1. The van der Waals surface area contributed by atoms with Gasteiger partial charge in [0.1, 0.15) is 17.5 Å². The molecule has 7 N–H and O–H groups in total. The SMILES string of the molecule is CCN1CCN(C(=O)NC(C(=O)N[C@H]2Cc3cccc(C(=O)O)c3OB2O)c2ccc(C(N)=O)c(O)c2)C(=O)C1=O. The average molecular weight is 567 g/mol.